The van der Waals surface area contributed by atoms with E-state index in [-0.39, 0.29) is 6.10 Å². The molecule has 2 unspecified atom stereocenters. The molecule has 0 bridgehead atoms. The van der Waals surface area contributed by atoms with Gasteiger partial charge in [0.05, 0.1) is 6.10 Å². The molecule has 0 amide bonds. The average molecular weight is 265 g/mol. The van der Waals surface area contributed by atoms with E-state index in [9.17, 15) is 5.11 Å². The van der Waals surface area contributed by atoms with E-state index in [4.69, 9.17) is 0 Å². The molecule has 0 aromatic heterocycles. The Balaban J connectivity index is 1.94. The molecule has 1 aliphatic heterocycles. The van der Waals surface area contributed by atoms with E-state index in [1.165, 1.54) is 16.9 Å². The molecule has 2 atom stereocenters. The predicted octanol–water partition coefficient (Wildman–Crippen LogP) is 2.20. The van der Waals surface area contributed by atoms with Crippen LogP contribution >= 0.6 is 11.8 Å². The van der Waals surface area contributed by atoms with E-state index in [0.29, 0.717) is 6.04 Å². The van der Waals surface area contributed by atoms with Gasteiger partial charge in [-0.15, -0.1) is 0 Å². The van der Waals surface area contributed by atoms with Gasteiger partial charge in [-0.2, -0.15) is 11.8 Å². The first kappa shape index (κ1) is 13.9. The maximum atomic E-state index is 10.4. The zero-order chi connectivity index (χ0) is 13.0. The molecule has 2 nitrogen and oxygen atoms in total. The Hall–Kier alpha value is -0.510. The van der Waals surface area contributed by atoms with Gasteiger partial charge in [0.2, 0.25) is 0 Å². The van der Waals surface area contributed by atoms with Crippen molar-refractivity contribution in [1.29, 1.82) is 0 Å². The molecule has 2 rings (SSSR count). The van der Waals surface area contributed by atoms with Gasteiger partial charge in [-0.05, 0) is 31.0 Å². The Kier molecular flexibility index (Phi) is 5.10. The SMILES string of the molecule is CCc1ccc(CC(O)C2CSCCN2C)cc1. The number of hydrogen-bond acceptors (Lipinski definition) is 3. The molecule has 0 radical (unpaired) electrons. The van der Waals surface area contributed by atoms with Gasteiger partial charge in [0.25, 0.3) is 0 Å². The van der Waals surface area contributed by atoms with Crippen LogP contribution in [0.1, 0.15) is 18.1 Å². The summed E-state index contributed by atoms with van der Waals surface area (Å²) >= 11 is 1.95. The van der Waals surface area contributed by atoms with Crippen LogP contribution < -0.4 is 0 Å². The third-order valence-corrected chi connectivity index (χ3v) is 4.81. The van der Waals surface area contributed by atoms with Gasteiger partial charge in [0.1, 0.15) is 0 Å². The van der Waals surface area contributed by atoms with Crippen molar-refractivity contribution in [1.82, 2.24) is 4.90 Å². The molecule has 1 aromatic rings. The highest BCUT2D eigenvalue weighted by Crippen LogP contribution is 2.19. The van der Waals surface area contributed by atoms with Crippen molar-refractivity contribution in [3.8, 4) is 0 Å². The molecule has 100 valence electrons. The first-order valence-electron chi connectivity index (χ1n) is 6.74. The van der Waals surface area contributed by atoms with Crippen LogP contribution in [0.15, 0.2) is 24.3 Å². The van der Waals surface area contributed by atoms with Crippen LogP contribution in [0.3, 0.4) is 0 Å². The van der Waals surface area contributed by atoms with Crippen molar-refractivity contribution < 1.29 is 5.11 Å². The number of rotatable bonds is 4. The van der Waals surface area contributed by atoms with E-state index in [1.54, 1.807) is 0 Å². The lowest BCUT2D eigenvalue weighted by Crippen LogP contribution is -2.47. The first-order chi connectivity index (χ1) is 8.70. The number of nitrogens with zero attached hydrogens (tertiary/aromatic N) is 1. The molecule has 1 N–H and O–H groups in total. The Bertz CT molecular complexity index is 365. The summed E-state index contributed by atoms with van der Waals surface area (Å²) in [5.41, 5.74) is 2.60. The van der Waals surface area contributed by atoms with Crippen LogP contribution in [0.25, 0.3) is 0 Å². The summed E-state index contributed by atoms with van der Waals surface area (Å²) in [5, 5.41) is 10.4. The molecule has 1 aromatic carbocycles. The van der Waals surface area contributed by atoms with Crippen molar-refractivity contribution >= 4 is 11.8 Å². The lowest BCUT2D eigenvalue weighted by atomic mass is 10.0. The number of benzene rings is 1. The highest BCUT2D eigenvalue weighted by molar-refractivity contribution is 7.99. The summed E-state index contributed by atoms with van der Waals surface area (Å²) in [6, 6.07) is 8.94. The van der Waals surface area contributed by atoms with Gasteiger partial charge >= 0.3 is 0 Å². The summed E-state index contributed by atoms with van der Waals surface area (Å²) in [6.07, 6.45) is 1.58. The van der Waals surface area contributed by atoms with Crippen molar-refractivity contribution in [3.63, 3.8) is 0 Å². The summed E-state index contributed by atoms with van der Waals surface area (Å²) in [5.74, 6) is 2.23. The minimum Gasteiger partial charge on any atom is -0.391 e. The number of aryl methyl sites for hydroxylation is 1. The van der Waals surface area contributed by atoms with Gasteiger partial charge in [0.15, 0.2) is 0 Å². The van der Waals surface area contributed by atoms with Crippen LogP contribution in [0.4, 0.5) is 0 Å². The van der Waals surface area contributed by atoms with Gasteiger partial charge in [0, 0.05) is 24.1 Å². The van der Waals surface area contributed by atoms with Crippen molar-refractivity contribution in [3.05, 3.63) is 35.4 Å². The molecule has 0 saturated carbocycles. The number of thioether (sulfide) groups is 1. The Morgan fingerprint density at radius 2 is 2.00 bits per heavy atom. The third-order valence-electron chi connectivity index (χ3n) is 3.76. The van der Waals surface area contributed by atoms with Crippen molar-refractivity contribution in [2.45, 2.75) is 31.9 Å². The van der Waals surface area contributed by atoms with E-state index < -0.39 is 0 Å². The number of aliphatic hydroxyl groups is 1. The third kappa shape index (κ3) is 3.50. The zero-order valence-corrected chi connectivity index (χ0v) is 12.1. The molecule has 18 heavy (non-hydrogen) atoms. The standard InChI is InChI=1S/C15H23NOS/c1-3-12-4-6-13(7-5-12)10-15(17)14-11-18-9-8-16(14)2/h4-7,14-15,17H,3,8-11H2,1-2H3. The summed E-state index contributed by atoms with van der Waals surface area (Å²) in [7, 11) is 2.12. The fourth-order valence-corrected chi connectivity index (χ4v) is 3.70. The second kappa shape index (κ2) is 6.60. The summed E-state index contributed by atoms with van der Waals surface area (Å²) in [6.45, 7) is 3.25. The van der Waals surface area contributed by atoms with Crippen molar-refractivity contribution in [2.24, 2.45) is 0 Å². The van der Waals surface area contributed by atoms with Crippen LogP contribution in [0.2, 0.25) is 0 Å². The topological polar surface area (TPSA) is 23.5 Å². The van der Waals surface area contributed by atoms with Crippen LogP contribution in [0.5, 0.6) is 0 Å². The minimum atomic E-state index is -0.254. The first-order valence-corrected chi connectivity index (χ1v) is 7.90. The maximum absolute atomic E-state index is 10.4. The van der Waals surface area contributed by atoms with E-state index >= 15 is 0 Å². The number of hydrogen-bond donors (Lipinski definition) is 1. The molecule has 3 heteroatoms. The minimum absolute atomic E-state index is 0.254. The largest absolute Gasteiger partial charge is 0.391 e. The smallest absolute Gasteiger partial charge is 0.0743 e. The van der Waals surface area contributed by atoms with Gasteiger partial charge in [-0.1, -0.05) is 31.2 Å². The second-order valence-corrected chi connectivity index (χ2v) is 6.21. The van der Waals surface area contributed by atoms with Gasteiger partial charge < -0.3 is 5.11 Å². The summed E-state index contributed by atoms with van der Waals surface area (Å²) < 4.78 is 0. The van der Waals surface area contributed by atoms with Crippen LogP contribution in [-0.2, 0) is 12.8 Å². The van der Waals surface area contributed by atoms with Crippen molar-refractivity contribution in [2.75, 3.05) is 25.1 Å². The Morgan fingerprint density at radius 1 is 1.33 bits per heavy atom. The monoisotopic (exact) mass is 265 g/mol. The van der Waals surface area contributed by atoms with Gasteiger partial charge in [-0.25, -0.2) is 0 Å². The average Bonchev–Trinajstić information content (AvgIpc) is 2.40. The summed E-state index contributed by atoms with van der Waals surface area (Å²) in [4.78, 5) is 2.29. The molecule has 0 spiro atoms. The highest BCUT2D eigenvalue weighted by Gasteiger charge is 2.26. The normalized spacial score (nSPS) is 22.9. The quantitative estimate of drug-likeness (QED) is 0.903. The molecular weight excluding hydrogens is 242 g/mol. The predicted molar refractivity (Wildman–Crippen MR) is 79.3 cm³/mol. The number of likely N-dealkylation sites (N-methyl/N-ethyl adjacent to an activating group) is 1. The molecule has 1 heterocycles. The van der Waals surface area contributed by atoms with E-state index in [1.807, 2.05) is 11.8 Å². The zero-order valence-electron chi connectivity index (χ0n) is 11.3. The molecule has 1 fully saturated rings. The second-order valence-electron chi connectivity index (χ2n) is 5.06. The lowest BCUT2D eigenvalue weighted by Gasteiger charge is -2.35. The molecule has 1 saturated heterocycles. The fraction of sp³-hybridized carbons (Fsp3) is 0.600. The van der Waals surface area contributed by atoms with E-state index in [2.05, 4.69) is 43.1 Å². The molecule has 1 aliphatic rings. The van der Waals surface area contributed by atoms with Gasteiger partial charge in [-0.3, -0.25) is 4.90 Å². The van der Waals surface area contributed by atoms with Crippen LogP contribution in [-0.4, -0.2) is 47.3 Å². The van der Waals surface area contributed by atoms with E-state index in [0.717, 1.165) is 25.1 Å². The highest BCUT2D eigenvalue weighted by atomic mass is 32.2. The fourth-order valence-electron chi connectivity index (χ4n) is 2.40. The maximum Gasteiger partial charge on any atom is 0.0743 e. The Morgan fingerprint density at radius 3 is 2.61 bits per heavy atom. The number of aliphatic hydroxyl groups excluding tert-OH is 1. The van der Waals surface area contributed by atoms with Crippen LogP contribution in [0, 0.1) is 0 Å². The Labute approximate surface area is 114 Å². The molecular formula is C15H23NOS. The molecule has 0 aliphatic carbocycles. The lowest BCUT2D eigenvalue weighted by molar-refractivity contribution is 0.0763.